The van der Waals surface area contributed by atoms with E-state index >= 15 is 0 Å². The summed E-state index contributed by atoms with van der Waals surface area (Å²) >= 11 is 5.79. The summed E-state index contributed by atoms with van der Waals surface area (Å²) in [5, 5.41) is 3.18. The number of halogens is 1. The summed E-state index contributed by atoms with van der Waals surface area (Å²) in [5.74, 6) is -0.590. The standard InChI is InChI=1S/C19H14ClNO4/c20-14-6-8-15(9-7-14)21-19(23)17-10-16(22)18(12-25-17)24-11-13-4-2-1-3-5-13/h1-10,12H,11H2,(H,21,23). The molecule has 3 rings (SSSR count). The van der Waals surface area contributed by atoms with E-state index in [9.17, 15) is 9.59 Å². The molecule has 1 amide bonds. The maximum Gasteiger partial charge on any atom is 0.291 e. The first-order valence-corrected chi connectivity index (χ1v) is 7.86. The molecule has 0 aliphatic heterocycles. The average molecular weight is 356 g/mol. The van der Waals surface area contributed by atoms with Gasteiger partial charge in [0.2, 0.25) is 11.2 Å². The zero-order valence-electron chi connectivity index (χ0n) is 13.1. The van der Waals surface area contributed by atoms with Crippen molar-refractivity contribution in [3.63, 3.8) is 0 Å². The second-order valence-corrected chi connectivity index (χ2v) is 5.64. The zero-order chi connectivity index (χ0) is 17.6. The summed E-state index contributed by atoms with van der Waals surface area (Å²) in [6, 6.07) is 17.1. The monoisotopic (exact) mass is 355 g/mol. The fourth-order valence-electron chi connectivity index (χ4n) is 2.08. The van der Waals surface area contributed by atoms with Gasteiger partial charge in [-0.3, -0.25) is 9.59 Å². The topological polar surface area (TPSA) is 68.5 Å². The molecule has 0 radical (unpaired) electrons. The molecule has 1 aromatic heterocycles. The van der Waals surface area contributed by atoms with Gasteiger partial charge >= 0.3 is 0 Å². The Labute approximate surface area is 148 Å². The maximum atomic E-state index is 12.1. The Kier molecular flexibility index (Phi) is 5.16. The van der Waals surface area contributed by atoms with E-state index in [-0.39, 0.29) is 18.1 Å². The highest BCUT2D eigenvalue weighted by Gasteiger charge is 2.12. The predicted octanol–water partition coefficient (Wildman–Crippen LogP) is 4.12. The van der Waals surface area contributed by atoms with Crippen molar-refractivity contribution in [2.75, 3.05) is 5.32 Å². The van der Waals surface area contributed by atoms with Crippen LogP contribution in [0.4, 0.5) is 5.69 Å². The summed E-state index contributed by atoms with van der Waals surface area (Å²) < 4.78 is 10.7. The highest BCUT2D eigenvalue weighted by molar-refractivity contribution is 6.30. The molecule has 0 atom stereocenters. The summed E-state index contributed by atoms with van der Waals surface area (Å²) in [6.07, 6.45) is 1.14. The molecule has 0 aliphatic carbocycles. The van der Waals surface area contributed by atoms with Crippen LogP contribution in [0.2, 0.25) is 5.02 Å². The van der Waals surface area contributed by atoms with Gasteiger partial charge < -0.3 is 14.5 Å². The highest BCUT2D eigenvalue weighted by Crippen LogP contribution is 2.15. The average Bonchev–Trinajstić information content (AvgIpc) is 2.63. The van der Waals surface area contributed by atoms with E-state index in [1.807, 2.05) is 30.3 Å². The number of amides is 1. The number of rotatable bonds is 5. The third-order valence-corrected chi connectivity index (χ3v) is 3.61. The lowest BCUT2D eigenvalue weighted by molar-refractivity contribution is 0.0993. The number of benzene rings is 2. The first kappa shape index (κ1) is 16.8. The Morgan fingerprint density at radius 1 is 1.08 bits per heavy atom. The van der Waals surface area contributed by atoms with Gasteiger partial charge in [0, 0.05) is 16.8 Å². The molecule has 1 heterocycles. The Hall–Kier alpha value is -3.05. The van der Waals surface area contributed by atoms with Crippen LogP contribution in [0.5, 0.6) is 5.75 Å². The minimum atomic E-state index is -0.533. The SMILES string of the molecule is O=C(Nc1ccc(Cl)cc1)c1cc(=O)c(OCc2ccccc2)co1. The second-order valence-electron chi connectivity index (χ2n) is 5.21. The van der Waals surface area contributed by atoms with Crippen LogP contribution < -0.4 is 15.5 Å². The number of anilines is 1. The minimum Gasteiger partial charge on any atom is -0.482 e. The maximum absolute atomic E-state index is 12.1. The van der Waals surface area contributed by atoms with Gasteiger partial charge in [0.05, 0.1) is 0 Å². The van der Waals surface area contributed by atoms with E-state index < -0.39 is 11.3 Å². The van der Waals surface area contributed by atoms with Gasteiger partial charge in [-0.15, -0.1) is 0 Å². The molecule has 126 valence electrons. The normalized spacial score (nSPS) is 10.3. The molecule has 0 unspecified atom stereocenters. The molecular weight excluding hydrogens is 342 g/mol. The molecule has 0 bridgehead atoms. The third kappa shape index (κ3) is 4.49. The van der Waals surface area contributed by atoms with E-state index in [1.54, 1.807) is 24.3 Å². The van der Waals surface area contributed by atoms with Crippen molar-refractivity contribution < 1.29 is 13.9 Å². The van der Waals surface area contributed by atoms with E-state index in [2.05, 4.69) is 5.32 Å². The van der Waals surface area contributed by atoms with Crippen LogP contribution in [0.15, 0.2) is 76.1 Å². The largest absolute Gasteiger partial charge is 0.482 e. The molecule has 5 nitrogen and oxygen atoms in total. The molecule has 2 aromatic carbocycles. The van der Waals surface area contributed by atoms with Gasteiger partial charge in [0.15, 0.2) is 5.76 Å². The van der Waals surface area contributed by atoms with Gasteiger partial charge in [-0.25, -0.2) is 0 Å². The van der Waals surface area contributed by atoms with Crippen LogP contribution >= 0.6 is 11.6 Å². The number of carbonyl (C=O) groups is 1. The first-order valence-electron chi connectivity index (χ1n) is 7.48. The van der Waals surface area contributed by atoms with Gasteiger partial charge in [-0.05, 0) is 29.8 Å². The van der Waals surface area contributed by atoms with Crippen molar-refractivity contribution in [1.82, 2.24) is 0 Å². The van der Waals surface area contributed by atoms with Crippen molar-refractivity contribution in [2.45, 2.75) is 6.61 Å². The number of nitrogens with one attached hydrogen (secondary N) is 1. The summed E-state index contributed by atoms with van der Waals surface area (Å²) in [6.45, 7) is 0.238. The molecule has 0 fully saturated rings. The van der Waals surface area contributed by atoms with Gasteiger partial charge in [-0.1, -0.05) is 41.9 Å². The van der Waals surface area contributed by atoms with Crippen molar-refractivity contribution in [2.24, 2.45) is 0 Å². The van der Waals surface area contributed by atoms with Crippen LogP contribution in [-0.2, 0) is 6.61 Å². The quantitative estimate of drug-likeness (QED) is 0.747. The summed E-state index contributed by atoms with van der Waals surface area (Å²) in [4.78, 5) is 24.2. The molecular formula is C19H14ClNO4. The first-order chi connectivity index (χ1) is 12.1. The third-order valence-electron chi connectivity index (χ3n) is 3.36. The van der Waals surface area contributed by atoms with Gasteiger partial charge in [0.1, 0.15) is 12.9 Å². The van der Waals surface area contributed by atoms with Crippen molar-refractivity contribution >= 4 is 23.2 Å². The summed E-state index contributed by atoms with van der Waals surface area (Å²) in [7, 11) is 0. The van der Waals surface area contributed by atoms with Crippen LogP contribution in [0, 0.1) is 0 Å². The van der Waals surface area contributed by atoms with Crippen LogP contribution in [0.1, 0.15) is 16.1 Å². The molecule has 0 aliphatic rings. The number of hydrogen-bond acceptors (Lipinski definition) is 4. The Morgan fingerprint density at radius 3 is 2.48 bits per heavy atom. The molecule has 3 aromatic rings. The van der Waals surface area contributed by atoms with Crippen LogP contribution in [-0.4, -0.2) is 5.91 Å². The lowest BCUT2D eigenvalue weighted by Gasteiger charge is -2.07. The molecule has 6 heteroatoms. The van der Waals surface area contributed by atoms with Crippen molar-refractivity contribution in [1.29, 1.82) is 0 Å². The number of hydrogen-bond donors (Lipinski definition) is 1. The van der Waals surface area contributed by atoms with Crippen LogP contribution in [0.3, 0.4) is 0 Å². The number of carbonyl (C=O) groups excluding carboxylic acids is 1. The van der Waals surface area contributed by atoms with E-state index in [0.29, 0.717) is 10.7 Å². The van der Waals surface area contributed by atoms with Crippen LogP contribution in [0.25, 0.3) is 0 Å². The predicted molar refractivity (Wildman–Crippen MR) is 95.2 cm³/mol. The van der Waals surface area contributed by atoms with E-state index in [4.69, 9.17) is 20.8 Å². The minimum absolute atomic E-state index is 0.0481. The highest BCUT2D eigenvalue weighted by atomic mass is 35.5. The van der Waals surface area contributed by atoms with E-state index in [0.717, 1.165) is 17.9 Å². The molecule has 25 heavy (non-hydrogen) atoms. The molecule has 0 saturated heterocycles. The second kappa shape index (κ2) is 7.68. The fraction of sp³-hybridized carbons (Fsp3) is 0.0526. The van der Waals surface area contributed by atoms with E-state index in [1.165, 1.54) is 0 Å². The Morgan fingerprint density at radius 2 is 1.80 bits per heavy atom. The molecule has 0 saturated carbocycles. The molecule has 1 N–H and O–H groups in total. The van der Waals surface area contributed by atoms with Gasteiger partial charge in [0.25, 0.3) is 5.91 Å². The van der Waals surface area contributed by atoms with Crippen molar-refractivity contribution in [3.05, 3.63) is 93.5 Å². The molecule has 0 spiro atoms. The van der Waals surface area contributed by atoms with Crippen molar-refractivity contribution in [3.8, 4) is 5.75 Å². The smallest absolute Gasteiger partial charge is 0.291 e. The fourth-order valence-corrected chi connectivity index (χ4v) is 2.21. The number of ether oxygens (including phenoxy) is 1. The lowest BCUT2D eigenvalue weighted by Crippen LogP contribution is -2.15. The van der Waals surface area contributed by atoms with Gasteiger partial charge in [-0.2, -0.15) is 0 Å². The Bertz CT molecular complexity index is 920. The summed E-state index contributed by atoms with van der Waals surface area (Å²) in [5.41, 5.74) is 1.04. The zero-order valence-corrected chi connectivity index (χ0v) is 13.8. The lowest BCUT2D eigenvalue weighted by atomic mass is 10.2. The Balaban J connectivity index is 1.67.